The Labute approximate surface area is 177 Å². The maximum atomic E-state index is 12.6. The molecule has 5 rings (SSSR count). The molecule has 3 aliphatic rings. The fraction of sp³-hybridized carbons (Fsp3) is 0.609. The van der Waals surface area contributed by atoms with E-state index in [2.05, 4.69) is 21.8 Å². The number of carbonyl (C=O) groups is 1. The average molecular weight is 411 g/mol. The Bertz CT molecular complexity index is 875. The summed E-state index contributed by atoms with van der Waals surface area (Å²) in [5.41, 5.74) is 2.85. The molecule has 7 heteroatoms. The largest absolute Gasteiger partial charge is 0.371 e. The third-order valence-electron chi connectivity index (χ3n) is 6.78. The van der Waals surface area contributed by atoms with E-state index >= 15 is 0 Å². The van der Waals surface area contributed by atoms with Crippen molar-refractivity contribution in [2.24, 2.45) is 5.92 Å². The zero-order valence-electron chi connectivity index (χ0n) is 17.5. The molecule has 1 aromatic heterocycles. The van der Waals surface area contributed by atoms with Gasteiger partial charge in [0.25, 0.3) is 5.91 Å². The highest BCUT2D eigenvalue weighted by Crippen LogP contribution is 2.34. The van der Waals surface area contributed by atoms with Crippen molar-refractivity contribution in [2.75, 3.05) is 13.2 Å². The number of aryl methyl sites for hydroxylation is 1. The van der Waals surface area contributed by atoms with Crippen LogP contribution in [-0.2, 0) is 15.9 Å². The molecule has 0 radical (unpaired) electrons. The van der Waals surface area contributed by atoms with Crippen LogP contribution in [0.5, 0.6) is 0 Å². The SMILES string of the molecule is Cc1ccc(C(=O)N[C@@H]2CO[C@@H]3[C@@H]2OC[C@@H]3n2cc(CC3CCCCC3)nn2)cc1. The van der Waals surface area contributed by atoms with Gasteiger partial charge in [-0.1, -0.05) is 55.0 Å². The van der Waals surface area contributed by atoms with Gasteiger partial charge in [-0.2, -0.15) is 0 Å². The number of fused-ring (bicyclic) bond motifs is 1. The molecule has 2 aliphatic heterocycles. The summed E-state index contributed by atoms with van der Waals surface area (Å²) in [4.78, 5) is 12.6. The van der Waals surface area contributed by atoms with Crippen molar-refractivity contribution >= 4 is 5.91 Å². The Morgan fingerprint density at radius 2 is 1.87 bits per heavy atom. The van der Waals surface area contributed by atoms with Crippen LogP contribution in [0.1, 0.15) is 59.8 Å². The number of hydrogen-bond acceptors (Lipinski definition) is 5. The van der Waals surface area contributed by atoms with E-state index in [0.717, 1.165) is 23.6 Å². The standard InChI is InChI=1S/C23H30N4O3/c1-15-7-9-17(10-8-15)23(28)24-19-13-29-22-20(14-30-21(19)22)27-12-18(25-26-27)11-16-5-3-2-4-6-16/h7-10,12,16,19-22H,2-6,11,13-14H2,1H3,(H,24,28)/t19-,20+,21-,22+/m1/s1. The summed E-state index contributed by atoms with van der Waals surface area (Å²) in [6.07, 6.45) is 9.44. The Morgan fingerprint density at radius 1 is 1.10 bits per heavy atom. The fourth-order valence-corrected chi connectivity index (χ4v) is 5.04. The number of amides is 1. The second-order valence-corrected chi connectivity index (χ2v) is 9.01. The molecular formula is C23H30N4O3. The smallest absolute Gasteiger partial charge is 0.251 e. The van der Waals surface area contributed by atoms with E-state index in [-0.39, 0.29) is 30.2 Å². The maximum absolute atomic E-state index is 12.6. The quantitative estimate of drug-likeness (QED) is 0.820. The van der Waals surface area contributed by atoms with Crippen molar-refractivity contribution in [2.45, 2.75) is 69.7 Å². The van der Waals surface area contributed by atoms with E-state index < -0.39 is 0 Å². The minimum absolute atomic E-state index is 0.00360. The molecule has 3 fully saturated rings. The van der Waals surface area contributed by atoms with E-state index in [4.69, 9.17) is 9.47 Å². The van der Waals surface area contributed by atoms with Gasteiger partial charge in [-0.25, -0.2) is 4.68 Å². The first kappa shape index (κ1) is 19.7. The number of hydrogen-bond donors (Lipinski definition) is 1. The summed E-state index contributed by atoms with van der Waals surface area (Å²) < 4.78 is 14.0. The van der Waals surface area contributed by atoms with Gasteiger partial charge in [0.1, 0.15) is 18.2 Å². The summed E-state index contributed by atoms with van der Waals surface area (Å²) in [6, 6.07) is 7.43. The molecule has 1 N–H and O–H groups in total. The molecule has 1 aliphatic carbocycles. The molecule has 1 amide bonds. The minimum atomic E-state index is -0.157. The Hall–Kier alpha value is -2.25. The molecule has 30 heavy (non-hydrogen) atoms. The van der Waals surface area contributed by atoms with Crippen molar-refractivity contribution < 1.29 is 14.3 Å². The Kier molecular flexibility index (Phi) is 5.56. The highest BCUT2D eigenvalue weighted by Gasteiger charge is 2.49. The van der Waals surface area contributed by atoms with Crippen LogP contribution in [0.25, 0.3) is 0 Å². The van der Waals surface area contributed by atoms with Gasteiger partial charge in [-0.05, 0) is 31.4 Å². The van der Waals surface area contributed by atoms with Crippen molar-refractivity contribution in [3.05, 3.63) is 47.3 Å². The summed E-state index contributed by atoms with van der Waals surface area (Å²) in [6.45, 7) is 2.99. The predicted molar refractivity (Wildman–Crippen MR) is 111 cm³/mol. The van der Waals surface area contributed by atoms with Gasteiger partial charge < -0.3 is 14.8 Å². The van der Waals surface area contributed by atoms with Crippen LogP contribution in [0.3, 0.4) is 0 Å². The third kappa shape index (κ3) is 4.01. The lowest BCUT2D eigenvalue weighted by molar-refractivity contribution is 0.0613. The lowest BCUT2D eigenvalue weighted by Gasteiger charge is -2.20. The van der Waals surface area contributed by atoms with Crippen molar-refractivity contribution in [3.8, 4) is 0 Å². The molecule has 2 aromatic rings. The molecule has 3 heterocycles. The lowest BCUT2D eigenvalue weighted by Crippen LogP contribution is -2.44. The maximum Gasteiger partial charge on any atom is 0.251 e. The lowest BCUT2D eigenvalue weighted by atomic mass is 9.86. The average Bonchev–Trinajstić information content (AvgIpc) is 3.47. The predicted octanol–water partition coefficient (Wildman–Crippen LogP) is 2.85. The van der Waals surface area contributed by atoms with E-state index in [1.54, 1.807) is 0 Å². The molecule has 2 saturated heterocycles. The second kappa shape index (κ2) is 8.47. The van der Waals surface area contributed by atoms with E-state index in [1.807, 2.05) is 35.9 Å². The number of nitrogens with zero attached hydrogens (tertiary/aromatic N) is 3. The van der Waals surface area contributed by atoms with Crippen LogP contribution in [0.4, 0.5) is 0 Å². The molecule has 0 spiro atoms. The van der Waals surface area contributed by atoms with Crippen LogP contribution in [0, 0.1) is 12.8 Å². The van der Waals surface area contributed by atoms with Gasteiger partial charge >= 0.3 is 0 Å². The van der Waals surface area contributed by atoms with E-state index in [1.165, 1.54) is 32.1 Å². The molecule has 1 aromatic carbocycles. The van der Waals surface area contributed by atoms with Gasteiger partial charge in [-0.3, -0.25) is 4.79 Å². The molecule has 0 unspecified atom stereocenters. The number of carbonyl (C=O) groups excluding carboxylic acids is 1. The normalized spacial score (nSPS) is 29.1. The van der Waals surface area contributed by atoms with Crippen LogP contribution in [0.2, 0.25) is 0 Å². The number of nitrogens with one attached hydrogen (secondary N) is 1. The summed E-state index contributed by atoms with van der Waals surface area (Å²) in [7, 11) is 0. The topological polar surface area (TPSA) is 78.3 Å². The summed E-state index contributed by atoms with van der Waals surface area (Å²) in [5, 5.41) is 11.9. The third-order valence-corrected chi connectivity index (χ3v) is 6.78. The highest BCUT2D eigenvalue weighted by atomic mass is 16.6. The second-order valence-electron chi connectivity index (χ2n) is 9.01. The monoisotopic (exact) mass is 410 g/mol. The molecule has 0 bridgehead atoms. The van der Waals surface area contributed by atoms with Crippen LogP contribution in [0.15, 0.2) is 30.5 Å². The summed E-state index contributed by atoms with van der Waals surface area (Å²) in [5.74, 6) is 0.646. The van der Waals surface area contributed by atoms with Crippen LogP contribution in [-0.4, -0.2) is 52.4 Å². The molecular weight excluding hydrogens is 380 g/mol. The zero-order chi connectivity index (χ0) is 20.5. The van der Waals surface area contributed by atoms with E-state index in [9.17, 15) is 4.79 Å². The first-order valence-corrected chi connectivity index (χ1v) is 11.2. The van der Waals surface area contributed by atoms with Crippen molar-refractivity contribution in [1.29, 1.82) is 0 Å². The van der Waals surface area contributed by atoms with Gasteiger partial charge in [0.05, 0.1) is 24.9 Å². The van der Waals surface area contributed by atoms with Gasteiger partial charge in [0.2, 0.25) is 0 Å². The minimum Gasteiger partial charge on any atom is -0.371 e. The first-order valence-electron chi connectivity index (χ1n) is 11.2. The fourth-order valence-electron chi connectivity index (χ4n) is 5.04. The van der Waals surface area contributed by atoms with Crippen molar-refractivity contribution in [3.63, 3.8) is 0 Å². The van der Waals surface area contributed by atoms with Crippen molar-refractivity contribution in [1.82, 2.24) is 20.3 Å². The highest BCUT2D eigenvalue weighted by molar-refractivity contribution is 5.94. The molecule has 4 atom stereocenters. The number of ether oxygens (including phenoxy) is 2. The molecule has 160 valence electrons. The Morgan fingerprint density at radius 3 is 2.67 bits per heavy atom. The number of benzene rings is 1. The Balaban J connectivity index is 1.20. The molecule has 1 saturated carbocycles. The van der Waals surface area contributed by atoms with Crippen LogP contribution >= 0.6 is 0 Å². The van der Waals surface area contributed by atoms with Gasteiger partial charge in [0, 0.05) is 11.8 Å². The number of rotatable bonds is 5. The zero-order valence-corrected chi connectivity index (χ0v) is 17.5. The summed E-state index contributed by atoms with van der Waals surface area (Å²) >= 11 is 0. The number of aromatic nitrogens is 3. The van der Waals surface area contributed by atoms with Gasteiger partial charge in [-0.15, -0.1) is 5.10 Å². The first-order chi connectivity index (χ1) is 14.7. The van der Waals surface area contributed by atoms with E-state index in [0.29, 0.717) is 18.8 Å². The molecule has 7 nitrogen and oxygen atoms in total. The van der Waals surface area contributed by atoms with Gasteiger partial charge in [0.15, 0.2) is 0 Å². The van der Waals surface area contributed by atoms with Crippen LogP contribution < -0.4 is 5.32 Å².